The summed E-state index contributed by atoms with van der Waals surface area (Å²) in [4.78, 5) is 0. The largest absolute Gasteiger partial charge is 0.493 e. The van der Waals surface area contributed by atoms with Crippen LogP contribution in [-0.4, -0.2) is 6.61 Å². The molecule has 0 radical (unpaired) electrons. The summed E-state index contributed by atoms with van der Waals surface area (Å²) in [6.45, 7) is 9.31. The van der Waals surface area contributed by atoms with Gasteiger partial charge in [0, 0.05) is 6.04 Å². The van der Waals surface area contributed by atoms with Crippen LogP contribution in [0.4, 0.5) is 0 Å². The lowest BCUT2D eigenvalue weighted by atomic mass is 10.0. The van der Waals surface area contributed by atoms with Gasteiger partial charge >= 0.3 is 0 Å². The van der Waals surface area contributed by atoms with Crippen molar-refractivity contribution in [1.82, 2.24) is 0 Å². The number of rotatable bonds is 6. The molecule has 2 N–H and O–H groups in total. The second-order valence-electron chi connectivity index (χ2n) is 4.81. The number of nitrogens with two attached hydrogens (primary N) is 1. The molecule has 0 unspecified atom stereocenters. The van der Waals surface area contributed by atoms with Gasteiger partial charge in [-0.1, -0.05) is 38.8 Å². The Hall–Kier alpha value is -1.02. The zero-order chi connectivity index (χ0) is 12.8. The molecule has 0 saturated heterocycles. The van der Waals surface area contributed by atoms with Gasteiger partial charge in [0.05, 0.1) is 6.61 Å². The lowest BCUT2D eigenvalue weighted by Gasteiger charge is -2.16. The van der Waals surface area contributed by atoms with E-state index in [-0.39, 0.29) is 6.04 Å². The van der Waals surface area contributed by atoms with Gasteiger partial charge in [-0.15, -0.1) is 0 Å². The molecule has 0 bridgehead atoms. The average molecular weight is 235 g/mol. The number of hydrogen-bond acceptors (Lipinski definition) is 2. The Morgan fingerprint density at radius 1 is 1.24 bits per heavy atom. The molecule has 0 spiro atoms. The Bertz CT molecular complexity index is 343. The van der Waals surface area contributed by atoms with Gasteiger partial charge in [-0.05, 0) is 37.0 Å². The molecule has 0 heterocycles. The van der Waals surface area contributed by atoms with E-state index < -0.39 is 0 Å². The van der Waals surface area contributed by atoms with Crippen LogP contribution in [0.5, 0.6) is 5.75 Å². The van der Waals surface area contributed by atoms with E-state index in [9.17, 15) is 0 Å². The van der Waals surface area contributed by atoms with Gasteiger partial charge in [0.25, 0.3) is 0 Å². The molecule has 96 valence electrons. The third-order valence-electron chi connectivity index (χ3n) is 3.35. The Balaban J connectivity index is 2.66. The quantitative estimate of drug-likeness (QED) is 0.813. The van der Waals surface area contributed by atoms with Crippen molar-refractivity contribution < 1.29 is 4.74 Å². The maximum absolute atomic E-state index is 5.87. The minimum Gasteiger partial charge on any atom is -0.493 e. The number of ether oxygens (including phenoxy) is 1. The predicted molar refractivity (Wildman–Crippen MR) is 73.3 cm³/mol. The Morgan fingerprint density at radius 3 is 2.35 bits per heavy atom. The van der Waals surface area contributed by atoms with Crippen molar-refractivity contribution in [3.63, 3.8) is 0 Å². The fraction of sp³-hybridized carbons (Fsp3) is 0.600. The summed E-state index contributed by atoms with van der Waals surface area (Å²) in [6, 6.07) is 6.30. The van der Waals surface area contributed by atoms with Crippen LogP contribution in [0.2, 0.25) is 0 Å². The second-order valence-corrected chi connectivity index (χ2v) is 4.81. The van der Waals surface area contributed by atoms with Crippen LogP contribution in [-0.2, 0) is 0 Å². The minimum atomic E-state index is 0.0850. The monoisotopic (exact) mass is 235 g/mol. The Morgan fingerprint density at radius 2 is 1.88 bits per heavy atom. The molecule has 0 amide bonds. The third-order valence-corrected chi connectivity index (χ3v) is 3.35. The van der Waals surface area contributed by atoms with E-state index in [1.807, 2.05) is 13.0 Å². The molecule has 1 rings (SSSR count). The molecule has 17 heavy (non-hydrogen) atoms. The molecule has 0 saturated carbocycles. The van der Waals surface area contributed by atoms with E-state index in [1.165, 1.54) is 18.4 Å². The van der Waals surface area contributed by atoms with Gasteiger partial charge in [-0.25, -0.2) is 0 Å². The van der Waals surface area contributed by atoms with Crippen LogP contribution in [0.3, 0.4) is 0 Å². The summed E-state index contributed by atoms with van der Waals surface area (Å²) >= 11 is 0. The van der Waals surface area contributed by atoms with E-state index in [0.29, 0.717) is 5.92 Å². The molecular formula is C15H25NO. The van der Waals surface area contributed by atoms with E-state index in [0.717, 1.165) is 17.9 Å². The van der Waals surface area contributed by atoms with E-state index >= 15 is 0 Å². The highest BCUT2D eigenvalue weighted by Gasteiger charge is 2.07. The lowest BCUT2D eigenvalue weighted by molar-refractivity contribution is 0.239. The molecule has 0 aliphatic carbocycles. The van der Waals surface area contributed by atoms with Crippen molar-refractivity contribution in [2.75, 3.05) is 6.61 Å². The van der Waals surface area contributed by atoms with Crippen molar-refractivity contribution in [3.05, 3.63) is 29.3 Å². The first kappa shape index (κ1) is 14.0. The lowest BCUT2D eigenvalue weighted by Crippen LogP contribution is -2.11. The van der Waals surface area contributed by atoms with Gasteiger partial charge in [-0.3, -0.25) is 0 Å². The average Bonchev–Trinajstić information content (AvgIpc) is 2.31. The molecule has 1 atom stereocenters. The maximum Gasteiger partial charge on any atom is 0.122 e. The van der Waals surface area contributed by atoms with E-state index in [2.05, 4.69) is 32.9 Å². The van der Waals surface area contributed by atoms with Crippen LogP contribution in [0.15, 0.2) is 18.2 Å². The van der Waals surface area contributed by atoms with Crippen LogP contribution in [0.1, 0.15) is 50.8 Å². The number of hydrogen-bond donors (Lipinski definition) is 1. The summed E-state index contributed by atoms with van der Waals surface area (Å²) in [5.41, 5.74) is 8.19. The summed E-state index contributed by atoms with van der Waals surface area (Å²) in [6.07, 6.45) is 2.35. The first-order valence-corrected chi connectivity index (χ1v) is 6.57. The summed E-state index contributed by atoms with van der Waals surface area (Å²) in [7, 11) is 0. The van der Waals surface area contributed by atoms with Crippen molar-refractivity contribution >= 4 is 0 Å². The van der Waals surface area contributed by atoms with E-state index in [4.69, 9.17) is 10.5 Å². The van der Waals surface area contributed by atoms with Gasteiger partial charge in [-0.2, -0.15) is 0 Å². The minimum absolute atomic E-state index is 0.0850. The maximum atomic E-state index is 5.87. The smallest absolute Gasteiger partial charge is 0.122 e. The van der Waals surface area contributed by atoms with Crippen LogP contribution in [0.25, 0.3) is 0 Å². The fourth-order valence-electron chi connectivity index (χ4n) is 1.85. The number of aryl methyl sites for hydroxylation is 1. The van der Waals surface area contributed by atoms with Gasteiger partial charge < -0.3 is 10.5 Å². The highest BCUT2D eigenvalue weighted by Crippen LogP contribution is 2.23. The van der Waals surface area contributed by atoms with Crippen LogP contribution in [0, 0.1) is 12.8 Å². The van der Waals surface area contributed by atoms with Crippen molar-refractivity contribution in [2.45, 2.75) is 46.6 Å². The predicted octanol–water partition coefficient (Wildman–Crippen LogP) is 3.83. The molecule has 0 aliphatic heterocycles. The van der Waals surface area contributed by atoms with Crippen molar-refractivity contribution in [1.29, 1.82) is 0 Å². The normalized spacial score (nSPS) is 12.8. The van der Waals surface area contributed by atoms with Crippen molar-refractivity contribution in [2.24, 2.45) is 11.7 Å². The zero-order valence-electron chi connectivity index (χ0n) is 11.5. The van der Waals surface area contributed by atoms with Gasteiger partial charge in [0.1, 0.15) is 5.75 Å². The van der Waals surface area contributed by atoms with Crippen LogP contribution < -0.4 is 10.5 Å². The Kier molecular flexibility index (Phi) is 5.49. The van der Waals surface area contributed by atoms with Gasteiger partial charge in [0.15, 0.2) is 0 Å². The SMILES string of the molecule is CCC(CC)COc1ccc([C@H](C)N)cc1C. The third kappa shape index (κ3) is 4.04. The molecule has 1 aromatic carbocycles. The first-order valence-electron chi connectivity index (χ1n) is 6.57. The fourth-order valence-corrected chi connectivity index (χ4v) is 1.85. The topological polar surface area (TPSA) is 35.2 Å². The Labute approximate surface area is 105 Å². The van der Waals surface area contributed by atoms with Gasteiger partial charge in [0.2, 0.25) is 0 Å². The summed E-state index contributed by atoms with van der Waals surface area (Å²) in [5, 5.41) is 0. The zero-order valence-corrected chi connectivity index (χ0v) is 11.5. The molecular weight excluding hydrogens is 210 g/mol. The molecule has 0 aliphatic rings. The molecule has 2 heteroatoms. The van der Waals surface area contributed by atoms with Crippen molar-refractivity contribution in [3.8, 4) is 5.75 Å². The first-order chi connectivity index (χ1) is 8.08. The molecule has 1 aromatic rings. The highest BCUT2D eigenvalue weighted by molar-refractivity contribution is 5.37. The molecule has 0 aromatic heterocycles. The summed E-state index contributed by atoms with van der Waals surface area (Å²) in [5.74, 6) is 1.64. The molecule has 2 nitrogen and oxygen atoms in total. The highest BCUT2D eigenvalue weighted by atomic mass is 16.5. The molecule has 0 fully saturated rings. The second kappa shape index (κ2) is 6.65. The summed E-state index contributed by atoms with van der Waals surface area (Å²) < 4.78 is 5.87. The van der Waals surface area contributed by atoms with Crippen LogP contribution >= 0.6 is 0 Å². The van der Waals surface area contributed by atoms with E-state index in [1.54, 1.807) is 0 Å². The number of benzene rings is 1. The standard InChI is InChI=1S/C15H25NO/c1-5-13(6-2)10-17-15-8-7-14(12(4)16)9-11(15)3/h7-9,12-13H,5-6,10,16H2,1-4H3/t12-/m0/s1.